The molecule has 2 nitrogen and oxygen atoms in total. The number of ether oxygens (including phenoxy) is 1. The molecule has 0 aliphatic rings. The van der Waals surface area contributed by atoms with Crippen LogP contribution >= 0.6 is 0 Å². The van der Waals surface area contributed by atoms with Gasteiger partial charge in [-0.05, 0) is 17.7 Å². The van der Waals surface area contributed by atoms with Crippen LogP contribution in [-0.4, -0.2) is 20.3 Å². The molecule has 118 valence electrons. The Morgan fingerprint density at radius 1 is 0.909 bits per heavy atom. The Balaban J connectivity index is 2.63. The molecule has 0 saturated carbocycles. The lowest BCUT2D eigenvalue weighted by Crippen LogP contribution is -2.46. The Kier molecular flexibility index (Phi) is 5.30. The van der Waals surface area contributed by atoms with Crippen LogP contribution < -0.4 is 9.92 Å². The molecule has 22 heavy (non-hydrogen) atoms. The van der Waals surface area contributed by atoms with E-state index in [-0.39, 0.29) is 5.75 Å². The molecule has 0 unspecified atom stereocenters. The van der Waals surface area contributed by atoms with Gasteiger partial charge in [0.1, 0.15) is 11.5 Å². The van der Waals surface area contributed by atoms with Crippen LogP contribution in [0.3, 0.4) is 0 Å². The highest BCUT2D eigenvalue weighted by molar-refractivity contribution is 6.92. The minimum absolute atomic E-state index is 0.290. The fourth-order valence-corrected chi connectivity index (χ4v) is 7.25. The standard InChI is InChI=1S/C19H26O2Si/c1-5-22(6-2,7-3)19-11-9-8-10-17(19)16-13-12-15(21-4)14-18(16)20/h8-14,20H,5-7H2,1-4H3. The molecule has 0 aromatic heterocycles. The third-order valence-electron chi connectivity index (χ3n) is 5.02. The zero-order valence-corrected chi connectivity index (χ0v) is 15.0. The molecule has 0 bridgehead atoms. The normalized spacial score (nSPS) is 11.5. The van der Waals surface area contributed by atoms with E-state index >= 15 is 0 Å². The summed E-state index contributed by atoms with van der Waals surface area (Å²) in [5.74, 6) is 0.974. The number of rotatable bonds is 6. The first-order valence-electron chi connectivity index (χ1n) is 8.08. The first-order valence-corrected chi connectivity index (χ1v) is 10.7. The van der Waals surface area contributed by atoms with Crippen LogP contribution in [-0.2, 0) is 0 Å². The third kappa shape index (κ3) is 2.91. The lowest BCUT2D eigenvalue weighted by atomic mass is 10.0. The second-order valence-corrected chi connectivity index (χ2v) is 11.0. The van der Waals surface area contributed by atoms with Gasteiger partial charge in [-0.2, -0.15) is 0 Å². The summed E-state index contributed by atoms with van der Waals surface area (Å²) >= 11 is 0. The van der Waals surface area contributed by atoms with E-state index in [1.807, 2.05) is 12.1 Å². The van der Waals surface area contributed by atoms with Crippen LogP contribution in [0, 0.1) is 0 Å². The highest BCUT2D eigenvalue weighted by Gasteiger charge is 2.31. The summed E-state index contributed by atoms with van der Waals surface area (Å²) in [6, 6.07) is 17.9. The van der Waals surface area contributed by atoms with Crippen molar-refractivity contribution in [2.45, 2.75) is 38.9 Å². The summed E-state index contributed by atoms with van der Waals surface area (Å²) in [7, 11) is 0.109. The van der Waals surface area contributed by atoms with Gasteiger partial charge in [-0.15, -0.1) is 0 Å². The van der Waals surface area contributed by atoms with E-state index in [0.29, 0.717) is 5.75 Å². The number of hydrogen-bond donors (Lipinski definition) is 1. The van der Waals surface area contributed by atoms with Gasteiger partial charge < -0.3 is 9.84 Å². The zero-order chi connectivity index (χ0) is 16.2. The van der Waals surface area contributed by atoms with Crippen LogP contribution in [0.15, 0.2) is 42.5 Å². The second-order valence-electron chi connectivity index (χ2n) is 5.77. The van der Waals surface area contributed by atoms with Crippen molar-refractivity contribution in [1.29, 1.82) is 0 Å². The van der Waals surface area contributed by atoms with Crippen molar-refractivity contribution < 1.29 is 9.84 Å². The van der Waals surface area contributed by atoms with Gasteiger partial charge in [0, 0.05) is 11.6 Å². The molecule has 2 aromatic rings. The van der Waals surface area contributed by atoms with Gasteiger partial charge in [-0.1, -0.05) is 68.4 Å². The highest BCUT2D eigenvalue weighted by atomic mass is 28.3. The van der Waals surface area contributed by atoms with Crippen molar-refractivity contribution >= 4 is 13.3 Å². The molecule has 0 fully saturated rings. The van der Waals surface area contributed by atoms with Crippen molar-refractivity contribution in [1.82, 2.24) is 0 Å². The van der Waals surface area contributed by atoms with Gasteiger partial charge in [0.05, 0.1) is 15.2 Å². The van der Waals surface area contributed by atoms with E-state index < -0.39 is 8.07 Å². The molecule has 0 aliphatic carbocycles. The summed E-state index contributed by atoms with van der Waals surface area (Å²) in [4.78, 5) is 0. The minimum Gasteiger partial charge on any atom is -0.507 e. The Hall–Kier alpha value is -1.74. The SMILES string of the molecule is CC[Si](CC)(CC)c1ccccc1-c1ccc(OC)cc1O. The first kappa shape index (κ1) is 16.6. The first-order chi connectivity index (χ1) is 10.6. The molecule has 0 spiro atoms. The fraction of sp³-hybridized carbons (Fsp3) is 0.368. The maximum Gasteiger partial charge on any atom is 0.127 e. The topological polar surface area (TPSA) is 29.5 Å². The Labute approximate surface area is 134 Å². The number of phenolic OH excluding ortho intramolecular Hbond substituents is 1. The molecule has 0 heterocycles. The average Bonchev–Trinajstić information content (AvgIpc) is 2.57. The quantitative estimate of drug-likeness (QED) is 0.777. The van der Waals surface area contributed by atoms with E-state index in [4.69, 9.17) is 4.74 Å². The van der Waals surface area contributed by atoms with Crippen molar-refractivity contribution in [2.75, 3.05) is 7.11 Å². The highest BCUT2D eigenvalue weighted by Crippen LogP contribution is 2.34. The molecule has 2 aromatic carbocycles. The van der Waals surface area contributed by atoms with Gasteiger partial charge >= 0.3 is 0 Å². The average molecular weight is 315 g/mol. The Morgan fingerprint density at radius 3 is 2.09 bits per heavy atom. The van der Waals surface area contributed by atoms with Gasteiger partial charge in [0.15, 0.2) is 0 Å². The predicted molar refractivity (Wildman–Crippen MR) is 96.9 cm³/mol. The lowest BCUT2D eigenvalue weighted by Gasteiger charge is -2.31. The van der Waals surface area contributed by atoms with Crippen LogP contribution in [0.4, 0.5) is 0 Å². The number of phenols is 1. The summed E-state index contributed by atoms with van der Waals surface area (Å²) < 4.78 is 5.20. The number of aromatic hydroxyl groups is 1. The van der Waals surface area contributed by atoms with Gasteiger partial charge in [-0.25, -0.2) is 0 Å². The lowest BCUT2D eigenvalue weighted by molar-refractivity contribution is 0.408. The molecule has 0 saturated heterocycles. The largest absolute Gasteiger partial charge is 0.507 e. The summed E-state index contributed by atoms with van der Waals surface area (Å²) in [6.07, 6.45) is 0. The summed E-state index contributed by atoms with van der Waals surface area (Å²) in [5.41, 5.74) is 2.09. The molecule has 0 amide bonds. The molecule has 3 heteroatoms. The van der Waals surface area contributed by atoms with Crippen LogP contribution in [0.5, 0.6) is 11.5 Å². The Morgan fingerprint density at radius 2 is 1.55 bits per heavy atom. The molecule has 0 atom stereocenters. The summed E-state index contributed by atoms with van der Waals surface area (Å²) in [6.45, 7) is 6.93. The van der Waals surface area contributed by atoms with Crippen LogP contribution in [0.1, 0.15) is 20.8 Å². The smallest absolute Gasteiger partial charge is 0.127 e. The molecule has 1 N–H and O–H groups in total. The Bertz CT molecular complexity index is 625. The zero-order valence-electron chi connectivity index (χ0n) is 14.0. The van der Waals surface area contributed by atoms with Crippen molar-refractivity contribution in [3.8, 4) is 22.6 Å². The number of hydrogen-bond acceptors (Lipinski definition) is 2. The fourth-order valence-electron chi connectivity index (χ4n) is 3.37. The van der Waals surface area contributed by atoms with E-state index in [1.165, 1.54) is 28.9 Å². The molecule has 0 aliphatic heterocycles. The molecule has 2 rings (SSSR count). The third-order valence-corrected chi connectivity index (χ3v) is 10.7. The maximum atomic E-state index is 10.4. The van der Waals surface area contributed by atoms with Crippen LogP contribution in [0.25, 0.3) is 11.1 Å². The van der Waals surface area contributed by atoms with Crippen molar-refractivity contribution in [3.05, 3.63) is 42.5 Å². The van der Waals surface area contributed by atoms with Crippen molar-refractivity contribution in [3.63, 3.8) is 0 Å². The van der Waals surface area contributed by atoms with E-state index in [1.54, 1.807) is 13.2 Å². The van der Waals surface area contributed by atoms with E-state index in [9.17, 15) is 5.11 Å². The van der Waals surface area contributed by atoms with Crippen molar-refractivity contribution in [2.24, 2.45) is 0 Å². The number of methoxy groups -OCH3 is 1. The molecular weight excluding hydrogens is 288 g/mol. The van der Waals surface area contributed by atoms with Gasteiger partial charge in [0.25, 0.3) is 0 Å². The molecular formula is C19H26O2Si. The molecule has 0 radical (unpaired) electrons. The van der Waals surface area contributed by atoms with Crippen LogP contribution in [0.2, 0.25) is 18.1 Å². The second kappa shape index (κ2) is 7.01. The predicted octanol–water partition coefficient (Wildman–Crippen LogP) is 4.78. The van der Waals surface area contributed by atoms with E-state index in [0.717, 1.165) is 5.56 Å². The van der Waals surface area contributed by atoms with E-state index in [2.05, 4.69) is 45.0 Å². The summed E-state index contributed by atoms with van der Waals surface area (Å²) in [5, 5.41) is 11.9. The monoisotopic (exact) mass is 314 g/mol. The van der Waals surface area contributed by atoms with Gasteiger partial charge in [-0.3, -0.25) is 0 Å². The minimum atomic E-state index is -1.51. The number of benzene rings is 2. The van der Waals surface area contributed by atoms with Gasteiger partial charge in [0.2, 0.25) is 0 Å². The maximum absolute atomic E-state index is 10.4.